The molecule has 1 N–H and O–H groups in total. The van der Waals surface area contributed by atoms with E-state index in [9.17, 15) is 4.79 Å². The first-order valence-electron chi connectivity index (χ1n) is 10.6. The summed E-state index contributed by atoms with van der Waals surface area (Å²) >= 11 is 0. The Morgan fingerprint density at radius 1 is 1.10 bits per heavy atom. The Morgan fingerprint density at radius 2 is 1.77 bits per heavy atom. The van der Waals surface area contributed by atoms with Gasteiger partial charge in [-0.25, -0.2) is 0 Å². The number of rotatable bonds is 6. The number of aryl methyl sites for hydroxylation is 1. The van der Waals surface area contributed by atoms with Crippen molar-refractivity contribution in [3.05, 3.63) is 71.9 Å². The van der Waals surface area contributed by atoms with Crippen LogP contribution in [-0.4, -0.2) is 49.2 Å². The molecule has 1 aliphatic rings. The van der Waals surface area contributed by atoms with Crippen LogP contribution in [0.15, 0.2) is 60.8 Å². The number of benzene rings is 2. The van der Waals surface area contributed by atoms with Gasteiger partial charge in [-0.15, -0.1) is 0 Å². The molecule has 3 aromatic rings. The van der Waals surface area contributed by atoms with Gasteiger partial charge in [0.15, 0.2) is 0 Å². The normalized spacial score (nSPS) is 17.2. The number of carbonyl (C=O) groups excluding carboxylic acids is 1. The summed E-state index contributed by atoms with van der Waals surface area (Å²) in [5, 5.41) is 4.53. The zero-order valence-electron chi connectivity index (χ0n) is 18.1. The van der Waals surface area contributed by atoms with Crippen molar-refractivity contribution < 1.29 is 9.53 Å². The number of ether oxygens (including phenoxy) is 1. The fraction of sp³-hybridized carbons (Fsp3) is 0.400. The van der Waals surface area contributed by atoms with Crippen molar-refractivity contribution in [3.8, 4) is 0 Å². The van der Waals surface area contributed by atoms with E-state index in [4.69, 9.17) is 4.74 Å². The van der Waals surface area contributed by atoms with Gasteiger partial charge in [0.05, 0.1) is 11.5 Å². The second-order valence-corrected chi connectivity index (χ2v) is 8.46. The highest BCUT2D eigenvalue weighted by Gasteiger charge is 2.41. The molecule has 2 heterocycles. The van der Waals surface area contributed by atoms with Gasteiger partial charge in [-0.3, -0.25) is 4.79 Å². The molecule has 0 bridgehead atoms. The minimum absolute atomic E-state index is 0.0905. The Bertz CT molecular complexity index is 1000. The monoisotopic (exact) mass is 405 g/mol. The summed E-state index contributed by atoms with van der Waals surface area (Å²) in [5.41, 5.74) is 3.00. The topological polar surface area (TPSA) is 46.5 Å². The highest BCUT2D eigenvalue weighted by atomic mass is 16.5. The highest BCUT2D eigenvalue weighted by Crippen LogP contribution is 2.35. The van der Waals surface area contributed by atoms with Crippen LogP contribution < -0.4 is 5.32 Å². The Kier molecular flexibility index (Phi) is 5.93. The molecular formula is C25H31N3O2. The number of nitrogens with one attached hydrogen (secondary N) is 1. The first-order chi connectivity index (χ1) is 14.5. The SMILES string of the molecule is CN(C)[C@@H](CNC(=O)C1(c2ccccc2)CCOCC1)c1cn(C)c2ccccc12. The number of hydrogen-bond acceptors (Lipinski definition) is 3. The van der Waals surface area contributed by atoms with Crippen LogP contribution in [0.4, 0.5) is 0 Å². The minimum atomic E-state index is -0.519. The van der Waals surface area contributed by atoms with Crippen molar-refractivity contribution in [3.63, 3.8) is 0 Å². The van der Waals surface area contributed by atoms with Gasteiger partial charge in [-0.05, 0) is 44.1 Å². The second-order valence-electron chi connectivity index (χ2n) is 8.46. The third kappa shape index (κ3) is 3.75. The van der Waals surface area contributed by atoms with Gasteiger partial charge < -0.3 is 19.5 Å². The summed E-state index contributed by atoms with van der Waals surface area (Å²) in [6.07, 6.45) is 3.61. The molecule has 0 unspecified atom stereocenters. The molecule has 0 aliphatic carbocycles. The third-order valence-electron chi connectivity index (χ3n) is 6.47. The highest BCUT2D eigenvalue weighted by molar-refractivity contribution is 5.89. The molecular weight excluding hydrogens is 374 g/mol. The predicted molar refractivity (Wildman–Crippen MR) is 121 cm³/mol. The van der Waals surface area contributed by atoms with Crippen LogP contribution in [0, 0.1) is 0 Å². The molecule has 1 atom stereocenters. The molecule has 1 amide bonds. The van der Waals surface area contributed by atoms with Gasteiger partial charge in [-0.2, -0.15) is 0 Å². The van der Waals surface area contributed by atoms with Gasteiger partial charge in [0.2, 0.25) is 5.91 Å². The molecule has 158 valence electrons. The molecule has 1 aliphatic heterocycles. The molecule has 5 heteroatoms. The van der Waals surface area contributed by atoms with Gasteiger partial charge in [0.1, 0.15) is 0 Å². The van der Waals surface area contributed by atoms with E-state index < -0.39 is 5.41 Å². The molecule has 1 fully saturated rings. The summed E-state index contributed by atoms with van der Waals surface area (Å²) in [6, 6.07) is 18.7. The van der Waals surface area contributed by atoms with E-state index >= 15 is 0 Å². The zero-order chi connectivity index (χ0) is 21.1. The lowest BCUT2D eigenvalue weighted by Crippen LogP contribution is -2.49. The van der Waals surface area contributed by atoms with Crippen LogP contribution in [0.1, 0.15) is 30.0 Å². The minimum Gasteiger partial charge on any atom is -0.381 e. The molecule has 2 aromatic carbocycles. The number of nitrogens with zero attached hydrogens (tertiary/aromatic N) is 2. The quantitative estimate of drug-likeness (QED) is 0.681. The molecule has 5 nitrogen and oxygen atoms in total. The van der Waals surface area contributed by atoms with Gasteiger partial charge >= 0.3 is 0 Å². The van der Waals surface area contributed by atoms with Crippen LogP contribution >= 0.6 is 0 Å². The van der Waals surface area contributed by atoms with Crippen LogP contribution in [0.2, 0.25) is 0 Å². The lowest BCUT2D eigenvalue weighted by Gasteiger charge is -2.37. The largest absolute Gasteiger partial charge is 0.381 e. The summed E-state index contributed by atoms with van der Waals surface area (Å²) in [5.74, 6) is 0.101. The smallest absolute Gasteiger partial charge is 0.230 e. The lowest BCUT2D eigenvalue weighted by molar-refractivity contribution is -0.130. The number of para-hydroxylation sites is 1. The van der Waals surface area contributed by atoms with Gasteiger partial charge in [-0.1, -0.05) is 48.5 Å². The van der Waals surface area contributed by atoms with Crippen LogP contribution in [0.5, 0.6) is 0 Å². The number of fused-ring (bicyclic) bond motifs is 1. The number of hydrogen-bond donors (Lipinski definition) is 1. The van der Waals surface area contributed by atoms with Crippen molar-refractivity contribution in [1.82, 2.24) is 14.8 Å². The standard InChI is InChI=1S/C25H31N3O2/c1-27(2)23(21-18-28(3)22-12-8-7-11-20(21)22)17-26-24(29)25(13-15-30-16-14-25)19-9-5-4-6-10-19/h4-12,18,23H,13-17H2,1-3H3,(H,26,29)/t23-/m0/s1. The summed E-state index contributed by atoms with van der Waals surface area (Å²) in [7, 11) is 6.21. The number of amides is 1. The molecule has 4 rings (SSSR count). The summed E-state index contributed by atoms with van der Waals surface area (Å²) in [6.45, 7) is 1.79. The van der Waals surface area contributed by atoms with E-state index in [1.165, 1.54) is 16.5 Å². The van der Waals surface area contributed by atoms with E-state index in [0.29, 0.717) is 32.6 Å². The Labute approximate surface area is 178 Å². The van der Waals surface area contributed by atoms with E-state index in [2.05, 4.69) is 78.5 Å². The van der Waals surface area contributed by atoms with Crippen LogP contribution in [0.3, 0.4) is 0 Å². The maximum Gasteiger partial charge on any atom is 0.230 e. The lowest BCUT2D eigenvalue weighted by atomic mass is 9.73. The first kappa shape index (κ1) is 20.6. The number of likely N-dealkylation sites (N-methyl/N-ethyl adjacent to an activating group) is 1. The fourth-order valence-electron chi connectivity index (χ4n) is 4.69. The number of carbonyl (C=O) groups is 1. The van der Waals surface area contributed by atoms with Gasteiger partial charge in [0, 0.05) is 43.9 Å². The van der Waals surface area contributed by atoms with E-state index in [1.54, 1.807) is 0 Å². The van der Waals surface area contributed by atoms with E-state index in [0.717, 1.165) is 5.56 Å². The number of aromatic nitrogens is 1. The maximum atomic E-state index is 13.6. The average Bonchev–Trinajstić information content (AvgIpc) is 3.11. The van der Waals surface area contributed by atoms with Gasteiger partial charge in [0.25, 0.3) is 0 Å². The Morgan fingerprint density at radius 3 is 2.47 bits per heavy atom. The maximum absolute atomic E-state index is 13.6. The van der Waals surface area contributed by atoms with Crippen molar-refractivity contribution in [2.24, 2.45) is 7.05 Å². The Hall–Kier alpha value is -2.63. The van der Waals surface area contributed by atoms with Crippen LogP contribution in [0.25, 0.3) is 10.9 Å². The van der Waals surface area contributed by atoms with Crippen LogP contribution in [-0.2, 0) is 22.0 Å². The zero-order valence-corrected chi connectivity index (χ0v) is 18.1. The van der Waals surface area contributed by atoms with Crippen molar-refractivity contribution >= 4 is 16.8 Å². The fourth-order valence-corrected chi connectivity index (χ4v) is 4.69. The molecule has 0 radical (unpaired) electrons. The second kappa shape index (κ2) is 8.62. The van der Waals surface area contributed by atoms with Crippen molar-refractivity contribution in [2.75, 3.05) is 33.9 Å². The summed E-state index contributed by atoms with van der Waals surface area (Å²) in [4.78, 5) is 15.7. The Balaban J connectivity index is 1.60. The molecule has 30 heavy (non-hydrogen) atoms. The average molecular weight is 406 g/mol. The predicted octanol–water partition coefficient (Wildman–Crippen LogP) is 3.65. The van der Waals surface area contributed by atoms with E-state index in [-0.39, 0.29) is 11.9 Å². The van der Waals surface area contributed by atoms with E-state index in [1.807, 2.05) is 18.2 Å². The molecule has 0 spiro atoms. The summed E-state index contributed by atoms with van der Waals surface area (Å²) < 4.78 is 7.75. The molecule has 1 aromatic heterocycles. The molecule has 1 saturated heterocycles. The first-order valence-corrected chi connectivity index (χ1v) is 10.6. The van der Waals surface area contributed by atoms with Crippen molar-refractivity contribution in [2.45, 2.75) is 24.3 Å². The molecule has 0 saturated carbocycles. The van der Waals surface area contributed by atoms with Crippen molar-refractivity contribution in [1.29, 1.82) is 0 Å². The third-order valence-corrected chi connectivity index (χ3v) is 6.47.